The van der Waals surface area contributed by atoms with Crippen molar-refractivity contribution in [2.45, 2.75) is 32.7 Å². The molecule has 0 aromatic heterocycles. The quantitative estimate of drug-likeness (QED) is 0.717. The zero-order chi connectivity index (χ0) is 16.2. The first-order chi connectivity index (χ1) is 9.65. The minimum absolute atomic E-state index is 0.0790. The predicted molar refractivity (Wildman–Crippen MR) is 80.0 cm³/mol. The molecule has 0 spiro atoms. The highest BCUT2D eigenvalue weighted by Crippen LogP contribution is 2.19. The zero-order valence-electron chi connectivity index (χ0n) is 13.0. The van der Waals surface area contributed by atoms with E-state index in [0.717, 1.165) is 19.1 Å². The summed E-state index contributed by atoms with van der Waals surface area (Å²) in [6.45, 7) is 4.48. The predicted octanol–water partition coefficient (Wildman–Crippen LogP) is -0.455. The number of hydrogen-bond donors (Lipinski definition) is 2. The van der Waals surface area contributed by atoms with E-state index >= 15 is 0 Å². The molecule has 1 fully saturated rings. The van der Waals surface area contributed by atoms with E-state index in [-0.39, 0.29) is 23.7 Å². The van der Waals surface area contributed by atoms with Crippen LogP contribution >= 0.6 is 0 Å². The smallest absolute Gasteiger partial charge is 0.241 e. The summed E-state index contributed by atoms with van der Waals surface area (Å²) in [5.41, 5.74) is 0. The van der Waals surface area contributed by atoms with Crippen LogP contribution in [0.1, 0.15) is 26.7 Å². The summed E-state index contributed by atoms with van der Waals surface area (Å²) in [5, 5.41) is 2.60. The summed E-state index contributed by atoms with van der Waals surface area (Å²) in [5.74, 6) is -0.722. The first-order valence-electron chi connectivity index (χ1n) is 7.13. The van der Waals surface area contributed by atoms with Gasteiger partial charge in [-0.1, -0.05) is 13.8 Å². The highest BCUT2D eigenvalue weighted by Gasteiger charge is 2.33. The number of rotatable bonds is 5. The van der Waals surface area contributed by atoms with Crippen LogP contribution in [-0.2, 0) is 19.6 Å². The summed E-state index contributed by atoms with van der Waals surface area (Å²) in [7, 11) is -1.89. The van der Waals surface area contributed by atoms with Gasteiger partial charge in [-0.15, -0.1) is 0 Å². The lowest BCUT2D eigenvalue weighted by Crippen LogP contribution is -2.54. The molecule has 0 bridgehead atoms. The second-order valence-corrected chi connectivity index (χ2v) is 7.63. The molecule has 122 valence electrons. The fraction of sp³-hybridized carbons (Fsp3) is 0.846. The van der Waals surface area contributed by atoms with Crippen LogP contribution in [0.3, 0.4) is 0 Å². The maximum atomic E-state index is 12.5. The monoisotopic (exact) mass is 319 g/mol. The van der Waals surface area contributed by atoms with Crippen molar-refractivity contribution >= 4 is 21.8 Å². The molecule has 0 unspecified atom stereocenters. The van der Waals surface area contributed by atoms with Gasteiger partial charge in [-0.3, -0.25) is 9.59 Å². The van der Waals surface area contributed by atoms with Crippen molar-refractivity contribution in [3.05, 3.63) is 0 Å². The van der Waals surface area contributed by atoms with E-state index in [1.807, 2.05) is 0 Å². The minimum Gasteiger partial charge on any atom is -0.359 e. The Labute approximate surface area is 126 Å². The van der Waals surface area contributed by atoms with E-state index in [2.05, 4.69) is 10.0 Å². The number of nitrogens with zero attached hydrogens (tertiary/aromatic N) is 1. The third kappa shape index (κ3) is 5.28. The van der Waals surface area contributed by atoms with Crippen molar-refractivity contribution in [2.75, 3.05) is 26.4 Å². The van der Waals surface area contributed by atoms with Gasteiger partial charge in [0.2, 0.25) is 21.8 Å². The zero-order valence-corrected chi connectivity index (χ0v) is 13.9. The Morgan fingerprint density at radius 3 is 2.38 bits per heavy atom. The van der Waals surface area contributed by atoms with Gasteiger partial charge in [-0.05, 0) is 18.8 Å². The van der Waals surface area contributed by atoms with Crippen LogP contribution in [0.25, 0.3) is 0 Å². The van der Waals surface area contributed by atoms with Crippen molar-refractivity contribution in [3.63, 3.8) is 0 Å². The average molecular weight is 319 g/mol. The highest BCUT2D eigenvalue weighted by molar-refractivity contribution is 7.88. The topological polar surface area (TPSA) is 95.6 Å². The van der Waals surface area contributed by atoms with E-state index in [1.165, 1.54) is 0 Å². The second-order valence-electron chi connectivity index (χ2n) is 5.85. The molecule has 1 aliphatic rings. The Morgan fingerprint density at radius 1 is 1.29 bits per heavy atom. The summed E-state index contributed by atoms with van der Waals surface area (Å²) in [6, 6.07) is -0.788. The Hall–Kier alpha value is -1.15. The number of hydrogen-bond acceptors (Lipinski definition) is 4. The van der Waals surface area contributed by atoms with E-state index in [1.54, 1.807) is 25.8 Å². The molecule has 1 aliphatic heterocycles. The van der Waals surface area contributed by atoms with Crippen molar-refractivity contribution in [2.24, 2.45) is 11.8 Å². The lowest BCUT2D eigenvalue weighted by atomic mass is 9.95. The molecule has 2 atom stereocenters. The third-order valence-corrected chi connectivity index (χ3v) is 4.31. The number of carbonyl (C=O) groups is 2. The number of carbonyl (C=O) groups excluding carboxylic acids is 2. The van der Waals surface area contributed by atoms with Crippen molar-refractivity contribution in [1.29, 1.82) is 0 Å². The number of likely N-dealkylation sites (tertiary alicyclic amines) is 1. The van der Waals surface area contributed by atoms with Crippen molar-refractivity contribution < 1.29 is 18.0 Å². The van der Waals surface area contributed by atoms with Gasteiger partial charge in [0.25, 0.3) is 0 Å². The molecule has 1 rings (SSSR count). The molecular weight excluding hydrogens is 294 g/mol. The molecular formula is C13H25N3O4S. The van der Waals surface area contributed by atoms with Crippen LogP contribution < -0.4 is 10.0 Å². The van der Waals surface area contributed by atoms with E-state index in [0.29, 0.717) is 13.1 Å². The summed E-state index contributed by atoms with van der Waals surface area (Å²) in [4.78, 5) is 25.8. The molecule has 0 saturated carbocycles. The molecule has 0 aromatic carbocycles. The molecule has 0 aromatic rings. The van der Waals surface area contributed by atoms with Gasteiger partial charge in [-0.25, -0.2) is 13.1 Å². The molecule has 0 aliphatic carbocycles. The first-order valence-corrected chi connectivity index (χ1v) is 9.02. The van der Waals surface area contributed by atoms with Crippen molar-refractivity contribution in [3.8, 4) is 0 Å². The lowest BCUT2D eigenvalue weighted by Gasteiger charge is -2.35. The molecule has 7 nitrogen and oxygen atoms in total. The standard InChI is InChI=1S/C13H25N3O4S/c1-9(2)11(15-21(4,19)20)13(18)16-7-5-6-10(8-16)12(17)14-3/h9-11,15H,5-8H2,1-4H3,(H,14,17)/t10-,11-/m0/s1. The number of sulfonamides is 1. The molecule has 1 saturated heterocycles. The summed E-state index contributed by atoms with van der Waals surface area (Å²) in [6.07, 6.45) is 2.53. The van der Waals surface area contributed by atoms with Gasteiger partial charge in [0.05, 0.1) is 12.2 Å². The average Bonchev–Trinajstić information content (AvgIpc) is 2.42. The molecule has 2 amide bonds. The fourth-order valence-electron chi connectivity index (χ4n) is 2.49. The van der Waals surface area contributed by atoms with Gasteiger partial charge in [0.1, 0.15) is 6.04 Å². The number of amides is 2. The van der Waals surface area contributed by atoms with E-state index < -0.39 is 16.1 Å². The number of piperidine rings is 1. The van der Waals surface area contributed by atoms with Crippen LogP contribution in [0.5, 0.6) is 0 Å². The van der Waals surface area contributed by atoms with Crippen LogP contribution in [0.15, 0.2) is 0 Å². The first kappa shape index (κ1) is 17.9. The highest BCUT2D eigenvalue weighted by atomic mass is 32.2. The Bertz CT molecular complexity index is 490. The van der Waals surface area contributed by atoms with Crippen LogP contribution in [-0.4, -0.2) is 57.6 Å². The van der Waals surface area contributed by atoms with Gasteiger partial charge in [0, 0.05) is 20.1 Å². The number of nitrogens with one attached hydrogen (secondary N) is 2. The third-order valence-electron chi connectivity index (χ3n) is 3.62. The largest absolute Gasteiger partial charge is 0.359 e. The Kier molecular flexibility index (Phi) is 6.15. The van der Waals surface area contributed by atoms with Crippen LogP contribution in [0.4, 0.5) is 0 Å². The summed E-state index contributed by atoms with van der Waals surface area (Å²) >= 11 is 0. The SMILES string of the molecule is CNC(=O)[C@H]1CCCN(C(=O)[C@@H](NS(C)(=O)=O)C(C)C)C1. The normalized spacial score (nSPS) is 21.2. The summed E-state index contributed by atoms with van der Waals surface area (Å²) < 4.78 is 25.2. The molecule has 8 heteroatoms. The van der Waals surface area contributed by atoms with Gasteiger partial charge in [0.15, 0.2) is 0 Å². The van der Waals surface area contributed by atoms with Crippen LogP contribution in [0.2, 0.25) is 0 Å². The van der Waals surface area contributed by atoms with Gasteiger partial charge >= 0.3 is 0 Å². The molecule has 2 N–H and O–H groups in total. The molecule has 0 radical (unpaired) electrons. The maximum Gasteiger partial charge on any atom is 0.241 e. The Balaban J connectivity index is 2.81. The van der Waals surface area contributed by atoms with E-state index in [9.17, 15) is 18.0 Å². The van der Waals surface area contributed by atoms with Gasteiger partial charge < -0.3 is 10.2 Å². The second kappa shape index (κ2) is 7.22. The van der Waals surface area contributed by atoms with Crippen LogP contribution in [0, 0.1) is 11.8 Å². The fourth-order valence-corrected chi connectivity index (χ4v) is 3.33. The molecule has 1 heterocycles. The maximum absolute atomic E-state index is 12.5. The lowest BCUT2D eigenvalue weighted by molar-refractivity contribution is -0.137. The minimum atomic E-state index is -3.46. The van der Waals surface area contributed by atoms with Gasteiger partial charge in [-0.2, -0.15) is 0 Å². The van der Waals surface area contributed by atoms with E-state index in [4.69, 9.17) is 0 Å². The van der Waals surface area contributed by atoms with Crippen molar-refractivity contribution in [1.82, 2.24) is 14.9 Å². The molecule has 21 heavy (non-hydrogen) atoms. The Morgan fingerprint density at radius 2 is 1.90 bits per heavy atom.